The van der Waals surface area contributed by atoms with Crippen molar-refractivity contribution in [3.63, 3.8) is 0 Å². The van der Waals surface area contributed by atoms with Crippen molar-refractivity contribution in [1.82, 2.24) is 4.98 Å². The minimum atomic E-state index is -5.08. The molecule has 0 spiro atoms. The molecule has 1 saturated heterocycles. The summed E-state index contributed by atoms with van der Waals surface area (Å²) in [4.78, 5) is 26.5. The van der Waals surface area contributed by atoms with Gasteiger partial charge < -0.3 is 15.1 Å². The summed E-state index contributed by atoms with van der Waals surface area (Å²) in [6.45, 7) is 5.59. The highest BCUT2D eigenvalue weighted by molar-refractivity contribution is 7.92. The maximum atomic E-state index is 12.8. The normalized spacial score (nSPS) is 13.9. The number of benzene rings is 1. The van der Waals surface area contributed by atoms with E-state index in [4.69, 9.17) is 9.90 Å². The van der Waals surface area contributed by atoms with E-state index in [1.165, 1.54) is 12.3 Å². The topological polar surface area (TPSA) is 137 Å². The van der Waals surface area contributed by atoms with Gasteiger partial charge in [-0.05, 0) is 42.5 Å². The van der Waals surface area contributed by atoms with Crippen LogP contribution in [0.4, 0.5) is 24.7 Å². The number of nitrogens with one attached hydrogen (secondary N) is 1. The zero-order valence-corrected chi connectivity index (χ0v) is 19.2. The lowest BCUT2D eigenvalue weighted by Gasteiger charge is -2.21. The lowest BCUT2D eigenvalue weighted by Crippen LogP contribution is -2.23. The van der Waals surface area contributed by atoms with Gasteiger partial charge in [0.25, 0.3) is 10.0 Å². The third-order valence-electron chi connectivity index (χ3n) is 4.86. The molecule has 9 nitrogen and oxygen atoms in total. The molecule has 0 unspecified atom stereocenters. The molecule has 1 fully saturated rings. The third kappa shape index (κ3) is 7.07. The van der Waals surface area contributed by atoms with Crippen LogP contribution in [-0.4, -0.2) is 54.8 Å². The van der Waals surface area contributed by atoms with Crippen LogP contribution in [0.2, 0.25) is 0 Å². The molecule has 0 bridgehead atoms. The molecule has 0 radical (unpaired) electrons. The Balaban J connectivity index is 0.000000509. The van der Waals surface area contributed by atoms with Gasteiger partial charge >= 0.3 is 18.1 Å². The molecule has 1 aromatic carbocycles. The Morgan fingerprint density at radius 3 is 2.06 bits per heavy atom. The van der Waals surface area contributed by atoms with E-state index in [2.05, 4.69) is 9.71 Å². The van der Waals surface area contributed by atoms with Gasteiger partial charge in [-0.2, -0.15) is 13.2 Å². The molecular formula is C21H24F3N3O6S. The number of hydrogen-bond acceptors (Lipinski definition) is 6. The number of carboxylic acid groups (broad SMARTS) is 2. The average molecular weight is 503 g/mol. The number of aromatic nitrogens is 1. The summed E-state index contributed by atoms with van der Waals surface area (Å²) in [5.74, 6) is -3.16. The van der Waals surface area contributed by atoms with Crippen LogP contribution in [0, 0.1) is 0 Å². The van der Waals surface area contributed by atoms with E-state index in [9.17, 15) is 31.5 Å². The number of anilines is 2. The van der Waals surface area contributed by atoms with Crippen LogP contribution < -0.4 is 9.62 Å². The van der Waals surface area contributed by atoms with Crippen molar-refractivity contribution >= 4 is 33.5 Å². The van der Waals surface area contributed by atoms with Crippen LogP contribution in [-0.2, 0) is 14.8 Å². The van der Waals surface area contributed by atoms with Crippen LogP contribution in [0.25, 0.3) is 0 Å². The van der Waals surface area contributed by atoms with E-state index in [1.807, 2.05) is 18.7 Å². The van der Waals surface area contributed by atoms with Crippen LogP contribution in [0.1, 0.15) is 48.5 Å². The first-order chi connectivity index (χ1) is 15.7. The fourth-order valence-corrected chi connectivity index (χ4v) is 4.12. The summed E-state index contributed by atoms with van der Waals surface area (Å²) in [5.41, 5.74) is 1.16. The molecule has 2 aromatic rings. The molecule has 3 N–H and O–H groups in total. The van der Waals surface area contributed by atoms with Crippen LogP contribution in [0.5, 0.6) is 0 Å². The number of pyridine rings is 1. The highest BCUT2D eigenvalue weighted by Crippen LogP contribution is 2.30. The molecule has 3 rings (SSSR count). The molecule has 13 heteroatoms. The molecule has 1 aliphatic rings. The average Bonchev–Trinajstić information content (AvgIpc) is 3.28. The maximum Gasteiger partial charge on any atom is 0.490 e. The van der Waals surface area contributed by atoms with Gasteiger partial charge in [-0.15, -0.1) is 0 Å². The first kappa shape index (κ1) is 26.9. The second-order valence-corrected chi connectivity index (χ2v) is 9.41. The summed E-state index contributed by atoms with van der Waals surface area (Å²) in [5, 5.41) is 16.4. The zero-order valence-electron chi connectivity index (χ0n) is 18.3. The predicted molar refractivity (Wildman–Crippen MR) is 118 cm³/mol. The standard InChI is InChI=1S/C19H23N3O4S.C2HF3O2/c1-13(2)14-5-7-16(8-6-14)27(25,26)21-17-11-15(19(23)24)12-20-18(17)22-9-3-4-10-22;3-2(4,5)1(6)7/h5-8,11-13,21H,3-4,9-10H2,1-2H3,(H,23,24);(H,6,7). The second-order valence-electron chi connectivity index (χ2n) is 7.73. The zero-order chi connectivity index (χ0) is 25.7. The molecule has 0 saturated carbocycles. The Labute approximate surface area is 194 Å². The lowest BCUT2D eigenvalue weighted by molar-refractivity contribution is -0.192. The molecule has 186 valence electrons. The monoisotopic (exact) mass is 503 g/mol. The van der Waals surface area contributed by atoms with Gasteiger partial charge in [-0.3, -0.25) is 4.72 Å². The molecular weight excluding hydrogens is 479 g/mol. The summed E-state index contributed by atoms with van der Waals surface area (Å²) in [6.07, 6.45) is -1.85. The Kier molecular flexibility index (Phi) is 8.48. The molecule has 1 aromatic heterocycles. The molecule has 34 heavy (non-hydrogen) atoms. The first-order valence-corrected chi connectivity index (χ1v) is 11.6. The van der Waals surface area contributed by atoms with E-state index >= 15 is 0 Å². The van der Waals surface area contributed by atoms with E-state index in [-0.39, 0.29) is 16.1 Å². The second kappa shape index (κ2) is 10.7. The van der Waals surface area contributed by atoms with Gasteiger partial charge in [0.1, 0.15) is 0 Å². The number of aliphatic carboxylic acids is 1. The molecule has 0 aliphatic carbocycles. The highest BCUT2D eigenvalue weighted by atomic mass is 32.2. The molecule has 1 aliphatic heterocycles. The number of aromatic carboxylic acids is 1. The number of hydrogen-bond donors (Lipinski definition) is 3. The van der Waals surface area contributed by atoms with Crippen molar-refractivity contribution in [2.75, 3.05) is 22.7 Å². The van der Waals surface area contributed by atoms with Gasteiger partial charge in [0.2, 0.25) is 0 Å². The highest BCUT2D eigenvalue weighted by Gasteiger charge is 2.38. The summed E-state index contributed by atoms with van der Waals surface area (Å²) in [6, 6.07) is 8.01. The van der Waals surface area contributed by atoms with Gasteiger partial charge in [0.15, 0.2) is 5.82 Å². The Morgan fingerprint density at radius 1 is 1.09 bits per heavy atom. The summed E-state index contributed by atoms with van der Waals surface area (Å²) >= 11 is 0. The van der Waals surface area contributed by atoms with Gasteiger partial charge in [0, 0.05) is 19.3 Å². The first-order valence-electron chi connectivity index (χ1n) is 10.1. The number of carbonyl (C=O) groups is 2. The Hall–Kier alpha value is -3.35. The Bertz CT molecular complexity index is 1130. The van der Waals surface area contributed by atoms with E-state index in [0.717, 1.165) is 31.5 Å². The van der Waals surface area contributed by atoms with E-state index < -0.39 is 28.1 Å². The minimum absolute atomic E-state index is 0.0641. The van der Waals surface area contributed by atoms with Crippen molar-refractivity contribution < 1.29 is 41.4 Å². The SMILES string of the molecule is CC(C)c1ccc(S(=O)(=O)Nc2cc(C(=O)O)cnc2N2CCCC2)cc1.O=C(O)C(F)(F)F. The number of carboxylic acids is 2. The molecule has 2 heterocycles. The van der Waals surface area contributed by atoms with Gasteiger partial charge in [0.05, 0.1) is 16.1 Å². The van der Waals surface area contributed by atoms with Crippen LogP contribution in [0.15, 0.2) is 41.4 Å². The van der Waals surface area contributed by atoms with Crippen molar-refractivity contribution in [3.8, 4) is 0 Å². The number of sulfonamides is 1. The summed E-state index contributed by atoms with van der Waals surface area (Å²) in [7, 11) is -3.86. The van der Waals surface area contributed by atoms with Gasteiger partial charge in [-0.1, -0.05) is 26.0 Å². The number of alkyl halides is 3. The third-order valence-corrected chi connectivity index (χ3v) is 6.24. The quantitative estimate of drug-likeness (QED) is 0.539. The number of rotatable bonds is 6. The van der Waals surface area contributed by atoms with Gasteiger partial charge in [-0.25, -0.2) is 23.0 Å². The fourth-order valence-electron chi connectivity index (χ4n) is 3.07. The maximum absolute atomic E-state index is 12.8. The largest absolute Gasteiger partial charge is 0.490 e. The number of nitrogens with zero attached hydrogens (tertiary/aromatic N) is 2. The van der Waals surface area contributed by atoms with E-state index in [0.29, 0.717) is 11.7 Å². The number of halogens is 3. The van der Waals surface area contributed by atoms with Crippen molar-refractivity contribution in [2.24, 2.45) is 0 Å². The minimum Gasteiger partial charge on any atom is -0.478 e. The fraction of sp³-hybridized carbons (Fsp3) is 0.381. The molecule has 0 amide bonds. The van der Waals surface area contributed by atoms with E-state index in [1.54, 1.807) is 24.3 Å². The van der Waals surface area contributed by atoms with Crippen LogP contribution >= 0.6 is 0 Å². The smallest absolute Gasteiger partial charge is 0.478 e. The molecule has 0 atom stereocenters. The Morgan fingerprint density at radius 2 is 1.62 bits per heavy atom. The van der Waals surface area contributed by atoms with Crippen molar-refractivity contribution in [2.45, 2.75) is 43.7 Å². The van der Waals surface area contributed by atoms with Crippen molar-refractivity contribution in [1.29, 1.82) is 0 Å². The predicted octanol–water partition coefficient (Wildman–Crippen LogP) is 3.94. The van der Waals surface area contributed by atoms with Crippen molar-refractivity contribution in [3.05, 3.63) is 47.7 Å². The van der Waals surface area contributed by atoms with Crippen LogP contribution in [0.3, 0.4) is 0 Å². The lowest BCUT2D eigenvalue weighted by atomic mass is 10.0. The summed E-state index contributed by atoms with van der Waals surface area (Å²) < 4.78 is 59.9.